The Kier molecular flexibility index (Phi) is 3.48. The number of thioether (sulfide) groups is 1. The van der Waals surface area contributed by atoms with Gasteiger partial charge >= 0.3 is 0 Å². The minimum absolute atomic E-state index is 0.00972. The molecule has 0 aliphatic rings. The molecule has 0 aliphatic carbocycles. The zero-order valence-electron chi connectivity index (χ0n) is 7.63. The van der Waals surface area contributed by atoms with Gasteiger partial charge in [0.2, 0.25) is 0 Å². The summed E-state index contributed by atoms with van der Waals surface area (Å²) in [7, 11) is 0. The lowest BCUT2D eigenvalue weighted by molar-refractivity contribution is 0.102. The minimum atomic E-state index is -0.352. The van der Waals surface area contributed by atoms with Crippen LogP contribution in [0.15, 0.2) is 18.2 Å². The van der Waals surface area contributed by atoms with Gasteiger partial charge in [-0.1, -0.05) is 6.07 Å². The molecule has 0 aromatic heterocycles. The van der Waals surface area contributed by atoms with E-state index >= 15 is 0 Å². The van der Waals surface area contributed by atoms with Crippen LogP contribution in [0, 0.1) is 12.7 Å². The number of Topliss-reactive ketones (excluding diaryl/α,β-unsaturated/α-hetero) is 1. The number of carbonyl (C=O) groups is 1. The number of hydrogen-bond acceptors (Lipinski definition) is 2. The molecule has 1 aromatic carbocycles. The van der Waals surface area contributed by atoms with Gasteiger partial charge in [0.25, 0.3) is 0 Å². The first-order valence-electron chi connectivity index (χ1n) is 3.93. The highest BCUT2D eigenvalue weighted by Crippen LogP contribution is 2.12. The lowest BCUT2D eigenvalue weighted by Crippen LogP contribution is -2.04. The van der Waals surface area contributed by atoms with Gasteiger partial charge in [-0.2, -0.15) is 11.8 Å². The van der Waals surface area contributed by atoms with E-state index in [9.17, 15) is 9.18 Å². The largest absolute Gasteiger partial charge is 0.293 e. The predicted molar refractivity (Wildman–Crippen MR) is 53.8 cm³/mol. The van der Waals surface area contributed by atoms with Crippen LogP contribution in [0.2, 0.25) is 0 Å². The fourth-order valence-corrected chi connectivity index (χ4v) is 1.52. The van der Waals surface area contributed by atoms with Crippen LogP contribution in [-0.2, 0) is 0 Å². The van der Waals surface area contributed by atoms with Gasteiger partial charge in [0, 0.05) is 5.56 Å². The number of ketones is 1. The Labute approximate surface area is 81.3 Å². The molecule has 0 amide bonds. The highest BCUT2D eigenvalue weighted by molar-refractivity contribution is 7.99. The molecule has 0 atom stereocenters. The van der Waals surface area contributed by atoms with Crippen LogP contribution in [0.1, 0.15) is 15.9 Å². The SMILES string of the molecule is CSCC(=O)c1cc(F)ccc1C. The van der Waals surface area contributed by atoms with Crippen LogP contribution in [0.4, 0.5) is 4.39 Å². The summed E-state index contributed by atoms with van der Waals surface area (Å²) in [6.07, 6.45) is 1.85. The van der Waals surface area contributed by atoms with Crippen LogP contribution >= 0.6 is 11.8 Å². The Morgan fingerprint density at radius 1 is 1.54 bits per heavy atom. The minimum Gasteiger partial charge on any atom is -0.293 e. The Balaban J connectivity index is 2.99. The van der Waals surface area contributed by atoms with Crippen molar-refractivity contribution >= 4 is 17.5 Å². The summed E-state index contributed by atoms with van der Waals surface area (Å²) in [6, 6.07) is 4.29. The van der Waals surface area contributed by atoms with Crippen molar-refractivity contribution in [2.45, 2.75) is 6.92 Å². The molecule has 13 heavy (non-hydrogen) atoms. The van der Waals surface area contributed by atoms with Crippen LogP contribution in [-0.4, -0.2) is 17.8 Å². The number of carbonyl (C=O) groups excluding carboxylic acids is 1. The summed E-state index contributed by atoms with van der Waals surface area (Å²) in [5.41, 5.74) is 1.33. The number of hydrogen-bond donors (Lipinski definition) is 0. The van der Waals surface area contributed by atoms with Gasteiger partial charge in [0.05, 0.1) is 5.75 Å². The van der Waals surface area contributed by atoms with E-state index < -0.39 is 0 Å². The maximum atomic E-state index is 12.8. The second kappa shape index (κ2) is 4.42. The maximum absolute atomic E-state index is 12.8. The number of benzene rings is 1. The molecule has 0 bridgehead atoms. The summed E-state index contributed by atoms with van der Waals surface area (Å²) in [5.74, 6) is 0.0455. The van der Waals surface area contributed by atoms with E-state index in [0.717, 1.165) is 5.56 Å². The van der Waals surface area contributed by atoms with Gasteiger partial charge in [0.1, 0.15) is 5.82 Å². The first-order chi connectivity index (χ1) is 6.15. The quantitative estimate of drug-likeness (QED) is 0.694. The molecule has 0 N–H and O–H groups in total. The van der Waals surface area contributed by atoms with Gasteiger partial charge < -0.3 is 0 Å². The summed E-state index contributed by atoms with van der Waals surface area (Å²) in [5, 5.41) is 0. The van der Waals surface area contributed by atoms with Gasteiger partial charge in [-0.25, -0.2) is 4.39 Å². The van der Waals surface area contributed by atoms with Crippen molar-refractivity contribution in [3.05, 3.63) is 35.1 Å². The predicted octanol–water partition coefficient (Wildman–Crippen LogP) is 2.68. The highest BCUT2D eigenvalue weighted by Gasteiger charge is 2.08. The normalized spacial score (nSPS) is 10.1. The average molecular weight is 198 g/mol. The van der Waals surface area contributed by atoms with Gasteiger partial charge in [-0.15, -0.1) is 0 Å². The van der Waals surface area contributed by atoms with Crippen LogP contribution in [0.5, 0.6) is 0 Å². The van der Waals surface area contributed by atoms with E-state index in [1.165, 1.54) is 23.9 Å². The van der Waals surface area contributed by atoms with E-state index in [-0.39, 0.29) is 11.6 Å². The summed E-state index contributed by atoms with van der Waals surface area (Å²) in [6.45, 7) is 1.81. The second-order valence-electron chi connectivity index (χ2n) is 2.82. The molecule has 0 radical (unpaired) electrons. The van der Waals surface area contributed by atoms with Crippen molar-refractivity contribution in [2.75, 3.05) is 12.0 Å². The molecular formula is C10H11FOS. The standard InChI is InChI=1S/C10H11FOS/c1-7-3-4-8(11)5-9(7)10(12)6-13-2/h3-5H,6H2,1-2H3. The Morgan fingerprint density at radius 3 is 2.85 bits per heavy atom. The summed E-state index contributed by atoms with van der Waals surface area (Å²) >= 11 is 1.45. The second-order valence-corrected chi connectivity index (χ2v) is 3.68. The van der Waals surface area contributed by atoms with E-state index in [1.807, 2.05) is 13.2 Å². The third-order valence-electron chi connectivity index (χ3n) is 1.78. The topological polar surface area (TPSA) is 17.1 Å². The van der Waals surface area contributed by atoms with Crippen molar-refractivity contribution < 1.29 is 9.18 Å². The van der Waals surface area contributed by atoms with E-state index in [0.29, 0.717) is 11.3 Å². The van der Waals surface area contributed by atoms with Crippen LogP contribution in [0.25, 0.3) is 0 Å². The van der Waals surface area contributed by atoms with Crippen LogP contribution in [0.3, 0.4) is 0 Å². The van der Waals surface area contributed by atoms with Crippen molar-refractivity contribution in [2.24, 2.45) is 0 Å². The molecule has 1 rings (SSSR count). The fourth-order valence-electron chi connectivity index (χ4n) is 1.10. The van der Waals surface area contributed by atoms with E-state index in [2.05, 4.69) is 0 Å². The lowest BCUT2D eigenvalue weighted by Gasteiger charge is -2.03. The Hall–Kier alpha value is -0.830. The molecule has 0 aliphatic heterocycles. The highest BCUT2D eigenvalue weighted by atomic mass is 32.2. The molecule has 0 fully saturated rings. The van der Waals surface area contributed by atoms with Crippen molar-refractivity contribution in [1.29, 1.82) is 0 Å². The lowest BCUT2D eigenvalue weighted by atomic mass is 10.1. The zero-order valence-corrected chi connectivity index (χ0v) is 8.45. The molecule has 0 spiro atoms. The molecule has 0 heterocycles. The molecule has 70 valence electrons. The Bertz CT molecular complexity index is 323. The number of aryl methyl sites for hydroxylation is 1. The van der Waals surface area contributed by atoms with Crippen LogP contribution < -0.4 is 0 Å². The molecule has 1 nitrogen and oxygen atoms in total. The molecule has 1 aromatic rings. The monoisotopic (exact) mass is 198 g/mol. The first kappa shape index (κ1) is 10.3. The van der Waals surface area contributed by atoms with Gasteiger partial charge in [-0.3, -0.25) is 4.79 Å². The number of rotatable bonds is 3. The molecule has 0 unspecified atom stereocenters. The maximum Gasteiger partial charge on any atom is 0.173 e. The van der Waals surface area contributed by atoms with E-state index in [1.54, 1.807) is 6.07 Å². The number of halogens is 1. The third-order valence-corrected chi connectivity index (χ3v) is 2.33. The smallest absolute Gasteiger partial charge is 0.173 e. The van der Waals surface area contributed by atoms with Crippen molar-refractivity contribution in [3.63, 3.8) is 0 Å². The molecule has 3 heteroatoms. The fraction of sp³-hybridized carbons (Fsp3) is 0.300. The molecule has 0 saturated carbocycles. The van der Waals surface area contributed by atoms with Crippen molar-refractivity contribution in [3.8, 4) is 0 Å². The van der Waals surface area contributed by atoms with Gasteiger partial charge in [-0.05, 0) is 30.9 Å². The summed E-state index contributed by atoms with van der Waals surface area (Å²) < 4.78 is 12.8. The van der Waals surface area contributed by atoms with Crippen molar-refractivity contribution in [1.82, 2.24) is 0 Å². The molecule has 0 saturated heterocycles. The van der Waals surface area contributed by atoms with Gasteiger partial charge in [0.15, 0.2) is 5.78 Å². The molecular weight excluding hydrogens is 187 g/mol. The first-order valence-corrected chi connectivity index (χ1v) is 5.33. The average Bonchev–Trinajstić information content (AvgIpc) is 2.09. The Morgan fingerprint density at radius 2 is 2.23 bits per heavy atom. The summed E-state index contributed by atoms with van der Waals surface area (Å²) in [4.78, 5) is 11.4. The third kappa shape index (κ3) is 2.56. The van der Waals surface area contributed by atoms with E-state index in [4.69, 9.17) is 0 Å². The zero-order chi connectivity index (χ0) is 9.84.